The molecule has 0 aliphatic heterocycles. The van der Waals surface area contributed by atoms with Crippen LogP contribution in [0.25, 0.3) is 49.1 Å². The van der Waals surface area contributed by atoms with Gasteiger partial charge in [0.1, 0.15) is 5.82 Å². The molecule has 0 unspecified atom stereocenters. The molecule has 0 N–H and O–H groups in total. The van der Waals surface area contributed by atoms with Crippen molar-refractivity contribution >= 4 is 43.2 Å². The molecule has 0 radical (unpaired) electrons. The molecule has 0 saturated carbocycles. The molecule has 0 fully saturated rings. The van der Waals surface area contributed by atoms with Crippen molar-refractivity contribution in [2.24, 2.45) is 0 Å². The maximum absolute atomic E-state index is 4.91. The summed E-state index contributed by atoms with van der Waals surface area (Å²) in [6, 6.07) is 27.3. The standard InChI is InChI=1S/C24H15N3S/c1-2-6-16(7-3-1)24-25-14-12-22(26-24)27-19-9-5-4-8-17(19)23-18-13-15-28-21(18)11-10-20(23)27/h1-15H. The summed E-state index contributed by atoms with van der Waals surface area (Å²) in [5.41, 5.74) is 3.35. The van der Waals surface area contributed by atoms with Crippen LogP contribution in [-0.4, -0.2) is 14.5 Å². The predicted molar refractivity (Wildman–Crippen MR) is 117 cm³/mol. The van der Waals surface area contributed by atoms with Gasteiger partial charge in [0.25, 0.3) is 0 Å². The number of aromatic nitrogens is 3. The van der Waals surface area contributed by atoms with Gasteiger partial charge in [-0.1, -0.05) is 48.5 Å². The predicted octanol–water partition coefficient (Wildman–Crippen LogP) is 6.46. The summed E-state index contributed by atoms with van der Waals surface area (Å²) in [6.45, 7) is 0. The molecule has 6 rings (SSSR count). The normalized spacial score (nSPS) is 11.6. The minimum Gasteiger partial charge on any atom is -0.294 e. The molecular formula is C24H15N3S. The first-order chi connectivity index (χ1) is 13.9. The number of hydrogen-bond donors (Lipinski definition) is 0. The number of para-hydroxylation sites is 1. The highest BCUT2D eigenvalue weighted by molar-refractivity contribution is 7.17. The second-order valence-corrected chi connectivity index (χ2v) is 7.70. The van der Waals surface area contributed by atoms with E-state index in [1.165, 1.54) is 26.4 Å². The summed E-state index contributed by atoms with van der Waals surface area (Å²) >= 11 is 1.78. The van der Waals surface area contributed by atoms with E-state index in [0.717, 1.165) is 22.7 Å². The van der Waals surface area contributed by atoms with Crippen LogP contribution in [0.4, 0.5) is 0 Å². The Morgan fingerprint density at radius 1 is 0.714 bits per heavy atom. The number of thiophene rings is 1. The molecule has 0 aliphatic rings. The van der Waals surface area contributed by atoms with Crippen LogP contribution >= 0.6 is 11.3 Å². The SMILES string of the molecule is c1ccc(-c2nccc(-n3c4ccccc4c4c5ccsc5ccc43)n2)cc1. The van der Waals surface area contributed by atoms with Gasteiger partial charge in [-0.15, -0.1) is 11.3 Å². The largest absolute Gasteiger partial charge is 0.294 e. The highest BCUT2D eigenvalue weighted by Gasteiger charge is 2.16. The Hall–Kier alpha value is -3.50. The zero-order valence-corrected chi connectivity index (χ0v) is 15.7. The van der Waals surface area contributed by atoms with E-state index in [2.05, 4.69) is 57.4 Å². The summed E-state index contributed by atoms with van der Waals surface area (Å²) in [5, 5.41) is 6.00. The molecule has 6 aromatic rings. The Kier molecular flexibility index (Phi) is 3.34. The van der Waals surface area contributed by atoms with Gasteiger partial charge in [0.05, 0.1) is 11.0 Å². The third-order valence-electron chi connectivity index (χ3n) is 5.17. The van der Waals surface area contributed by atoms with Crippen molar-refractivity contribution in [3.8, 4) is 17.2 Å². The summed E-state index contributed by atoms with van der Waals surface area (Å²) in [7, 11) is 0. The van der Waals surface area contributed by atoms with Gasteiger partial charge in [0.2, 0.25) is 0 Å². The van der Waals surface area contributed by atoms with Crippen molar-refractivity contribution < 1.29 is 0 Å². The van der Waals surface area contributed by atoms with Gasteiger partial charge in [-0.05, 0) is 35.7 Å². The van der Waals surface area contributed by atoms with E-state index in [1.54, 1.807) is 11.3 Å². The van der Waals surface area contributed by atoms with Gasteiger partial charge < -0.3 is 0 Å². The first-order valence-electron chi connectivity index (χ1n) is 9.18. The zero-order chi connectivity index (χ0) is 18.5. The number of benzene rings is 3. The zero-order valence-electron chi connectivity index (χ0n) is 14.9. The summed E-state index contributed by atoms with van der Waals surface area (Å²) in [5.74, 6) is 1.62. The Morgan fingerprint density at radius 3 is 2.50 bits per heavy atom. The molecule has 132 valence electrons. The van der Waals surface area contributed by atoms with Gasteiger partial charge in [0.15, 0.2) is 5.82 Å². The number of fused-ring (bicyclic) bond motifs is 5. The van der Waals surface area contributed by atoms with E-state index < -0.39 is 0 Å². The molecule has 0 amide bonds. The van der Waals surface area contributed by atoms with E-state index in [0.29, 0.717) is 0 Å². The van der Waals surface area contributed by atoms with Crippen LogP contribution in [0, 0.1) is 0 Å². The first-order valence-corrected chi connectivity index (χ1v) is 10.1. The molecule has 0 aliphatic carbocycles. The molecule has 0 atom stereocenters. The van der Waals surface area contributed by atoms with Gasteiger partial charge in [-0.25, -0.2) is 9.97 Å². The molecule has 0 saturated heterocycles. The van der Waals surface area contributed by atoms with Crippen LogP contribution in [0.1, 0.15) is 0 Å². The summed E-state index contributed by atoms with van der Waals surface area (Å²) < 4.78 is 3.55. The number of nitrogens with zero attached hydrogens (tertiary/aromatic N) is 3. The molecular weight excluding hydrogens is 362 g/mol. The number of hydrogen-bond acceptors (Lipinski definition) is 3. The van der Waals surface area contributed by atoms with Crippen LogP contribution in [0.3, 0.4) is 0 Å². The van der Waals surface area contributed by atoms with E-state index in [1.807, 2.05) is 42.6 Å². The van der Waals surface area contributed by atoms with Crippen molar-refractivity contribution in [1.82, 2.24) is 14.5 Å². The minimum atomic E-state index is 0.737. The molecule has 3 heterocycles. The second-order valence-electron chi connectivity index (χ2n) is 6.75. The number of rotatable bonds is 2. The highest BCUT2D eigenvalue weighted by atomic mass is 32.1. The maximum Gasteiger partial charge on any atom is 0.161 e. The fourth-order valence-electron chi connectivity index (χ4n) is 3.96. The van der Waals surface area contributed by atoms with Crippen molar-refractivity contribution in [3.63, 3.8) is 0 Å². The average molecular weight is 377 g/mol. The molecule has 3 nitrogen and oxygen atoms in total. The summed E-state index contributed by atoms with van der Waals surface area (Å²) in [4.78, 5) is 9.41. The van der Waals surface area contributed by atoms with Crippen molar-refractivity contribution in [3.05, 3.63) is 90.4 Å². The first kappa shape index (κ1) is 15.5. The third-order valence-corrected chi connectivity index (χ3v) is 6.05. The third kappa shape index (κ3) is 2.22. The van der Waals surface area contributed by atoms with Gasteiger partial charge >= 0.3 is 0 Å². The van der Waals surface area contributed by atoms with Crippen LogP contribution in [0.15, 0.2) is 90.4 Å². The fraction of sp³-hybridized carbons (Fsp3) is 0. The Labute approximate surface area is 165 Å². The quantitative estimate of drug-likeness (QED) is 0.347. The lowest BCUT2D eigenvalue weighted by Gasteiger charge is -2.08. The molecule has 28 heavy (non-hydrogen) atoms. The van der Waals surface area contributed by atoms with Crippen molar-refractivity contribution in [2.75, 3.05) is 0 Å². The molecule has 3 aromatic heterocycles. The van der Waals surface area contributed by atoms with Crippen LogP contribution in [-0.2, 0) is 0 Å². The van der Waals surface area contributed by atoms with Crippen LogP contribution in [0.5, 0.6) is 0 Å². The van der Waals surface area contributed by atoms with Gasteiger partial charge in [-0.2, -0.15) is 0 Å². The van der Waals surface area contributed by atoms with Gasteiger partial charge in [0, 0.05) is 32.6 Å². The van der Waals surface area contributed by atoms with E-state index >= 15 is 0 Å². The average Bonchev–Trinajstić information content (AvgIpc) is 3.36. The topological polar surface area (TPSA) is 30.7 Å². The Bertz CT molecular complexity index is 1460. The summed E-state index contributed by atoms with van der Waals surface area (Å²) in [6.07, 6.45) is 1.84. The van der Waals surface area contributed by atoms with Crippen LogP contribution in [0.2, 0.25) is 0 Å². The van der Waals surface area contributed by atoms with E-state index in [4.69, 9.17) is 4.98 Å². The Balaban J connectivity index is 1.71. The minimum absolute atomic E-state index is 0.737. The van der Waals surface area contributed by atoms with E-state index in [-0.39, 0.29) is 0 Å². The lowest BCUT2D eigenvalue weighted by molar-refractivity contribution is 1.04. The lowest BCUT2D eigenvalue weighted by Crippen LogP contribution is -2.00. The smallest absolute Gasteiger partial charge is 0.161 e. The second kappa shape index (κ2) is 6.01. The van der Waals surface area contributed by atoms with Crippen molar-refractivity contribution in [1.29, 1.82) is 0 Å². The molecule has 3 aromatic carbocycles. The molecule has 0 spiro atoms. The van der Waals surface area contributed by atoms with Crippen LogP contribution < -0.4 is 0 Å². The lowest BCUT2D eigenvalue weighted by atomic mass is 10.1. The molecule has 4 heteroatoms. The van der Waals surface area contributed by atoms with Crippen molar-refractivity contribution in [2.45, 2.75) is 0 Å². The maximum atomic E-state index is 4.91. The monoisotopic (exact) mass is 377 g/mol. The Morgan fingerprint density at radius 2 is 1.57 bits per heavy atom. The highest BCUT2D eigenvalue weighted by Crippen LogP contribution is 2.38. The molecule has 0 bridgehead atoms. The fourth-order valence-corrected chi connectivity index (χ4v) is 4.75. The van der Waals surface area contributed by atoms with E-state index in [9.17, 15) is 0 Å². The van der Waals surface area contributed by atoms with Gasteiger partial charge in [-0.3, -0.25) is 4.57 Å².